The predicted octanol–water partition coefficient (Wildman–Crippen LogP) is 3.75. The van der Waals surface area contributed by atoms with Crippen molar-refractivity contribution in [1.82, 2.24) is 4.90 Å². The Morgan fingerprint density at radius 2 is 1.90 bits per heavy atom. The zero-order valence-corrected chi connectivity index (χ0v) is 10.8. The van der Waals surface area contributed by atoms with E-state index in [0.717, 1.165) is 37.5 Å². The van der Waals surface area contributed by atoms with E-state index >= 15 is 0 Å². The average Bonchev–Trinajstić information content (AvgIpc) is 2.53. The highest BCUT2D eigenvalue weighted by molar-refractivity contribution is 5.76. The number of rotatable bonds is 2. The van der Waals surface area contributed by atoms with Crippen LogP contribution in [-0.4, -0.2) is 17.4 Å². The Morgan fingerprint density at radius 1 is 1.15 bits per heavy atom. The molecule has 6 heteroatoms. The number of likely N-dealkylation sites (tertiary alicyclic amines) is 1. The topological polar surface area (TPSA) is 20.3 Å². The first-order chi connectivity index (χ1) is 9.38. The van der Waals surface area contributed by atoms with E-state index in [1.165, 1.54) is 4.90 Å². The zero-order chi connectivity index (χ0) is 14.8. The summed E-state index contributed by atoms with van der Waals surface area (Å²) in [5.41, 5.74) is -1.07. The van der Waals surface area contributed by atoms with Gasteiger partial charge in [-0.15, -0.1) is 0 Å². The summed E-state index contributed by atoms with van der Waals surface area (Å²) >= 11 is 0. The number of halogens is 4. The number of carbonyl (C=O) groups is 1. The van der Waals surface area contributed by atoms with Crippen molar-refractivity contribution in [2.24, 2.45) is 0 Å². The van der Waals surface area contributed by atoms with E-state index in [0.29, 0.717) is 13.0 Å². The van der Waals surface area contributed by atoms with Crippen molar-refractivity contribution in [3.63, 3.8) is 0 Å². The smallest absolute Gasteiger partial charge is 0.338 e. The van der Waals surface area contributed by atoms with E-state index in [1.807, 2.05) is 0 Å². The molecule has 0 saturated carbocycles. The summed E-state index contributed by atoms with van der Waals surface area (Å²) in [6.45, 7) is 0.234. The van der Waals surface area contributed by atoms with Crippen LogP contribution >= 0.6 is 0 Å². The Labute approximate surface area is 114 Å². The molecule has 0 radical (unpaired) electrons. The summed E-state index contributed by atoms with van der Waals surface area (Å²) in [4.78, 5) is 13.2. The molecule has 1 fully saturated rings. The monoisotopic (exact) mass is 289 g/mol. The molecule has 0 aliphatic carbocycles. The summed E-state index contributed by atoms with van der Waals surface area (Å²) in [6, 6.07) is 2.38. The quantitative estimate of drug-likeness (QED) is 0.759. The fourth-order valence-corrected chi connectivity index (χ4v) is 2.38. The van der Waals surface area contributed by atoms with Gasteiger partial charge in [0, 0.05) is 19.5 Å². The molecule has 20 heavy (non-hydrogen) atoms. The van der Waals surface area contributed by atoms with E-state index < -0.39 is 17.6 Å². The molecule has 1 aromatic rings. The van der Waals surface area contributed by atoms with E-state index in [1.54, 1.807) is 0 Å². The zero-order valence-electron chi connectivity index (χ0n) is 10.8. The molecule has 0 bridgehead atoms. The van der Waals surface area contributed by atoms with Gasteiger partial charge in [0.15, 0.2) is 0 Å². The Balaban J connectivity index is 2.27. The molecule has 0 N–H and O–H groups in total. The van der Waals surface area contributed by atoms with Crippen molar-refractivity contribution < 1.29 is 22.4 Å². The van der Waals surface area contributed by atoms with Crippen LogP contribution in [0.3, 0.4) is 0 Å². The molecule has 1 saturated heterocycles. The molecule has 2 nitrogen and oxygen atoms in total. The standard InChI is InChI=1S/C14H15F4NO/c15-11-5-6-12(14(16,17)18)10(8-11)9-19-7-3-1-2-4-13(19)20/h5-6,8H,1-4,7,9H2. The second-order valence-corrected chi connectivity index (χ2v) is 4.93. The normalized spacial score (nSPS) is 17.2. The van der Waals surface area contributed by atoms with Gasteiger partial charge >= 0.3 is 6.18 Å². The van der Waals surface area contributed by atoms with Crippen LogP contribution in [0.25, 0.3) is 0 Å². The molecule has 1 heterocycles. The minimum Gasteiger partial charge on any atom is -0.338 e. The van der Waals surface area contributed by atoms with Gasteiger partial charge < -0.3 is 4.90 Å². The Hall–Kier alpha value is -1.59. The molecular formula is C14H15F4NO. The van der Waals surface area contributed by atoms with Gasteiger partial charge in [0.1, 0.15) is 5.82 Å². The maximum absolute atomic E-state index is 13.2. The van der Waals surface area contributed by atoms with Crippen molar-refractivity contribution >= 4 is 5.91 Å². The number of amides is 1. The number of carbonyl (C=O) groups excluding carboxylic acids is 1. The highest BCUT2D eigenvalue weighted by Gasteiger charge is 2.34. The van der Waals surface area contributed by atoms with E-state index in [2.05, 4.69) is 0 Å². The first-order valence-electron chi connectivity index (χ1n) is 6.51. The largest absolute Gasteiger partial charge is 0.416 e. The van der Waals surface area contributed by atoms with Crippen LogP contribution in [0.15, 0.2) is 18.2 Å². The van der Waals surface area contributed by atoms with Gasteiger partial charge in [-0.05, 0) is 36.6 Å². The highest BCUT2D eigenvalue weighted by Crippen LogP contribution is 2.33. The van der Waals surface area contributed by atoms with Crippen molar-refractivity contribution in [2.45, 2.75) is 38.4 Å². The minimum absolute atomic E-state index is 0.167. The van der Waals surface area contributed by atoms with Crippen molar-refractivity contribution in [2.75, 3.05) is 6.54 Å². The summed E-state index contributed by atoms with van der Waals surface area (Å²) in [5.74, 6) is -0.893. The lowest BCUT2D eigenvalue weighted by atomic mass is 10.1. The lowest BCUT2D eigenvalue weighted by molar-refractivity contribution is -0.139. The number of benzene rings is 1. The van der Waals surface area contributed by atoms with E-state index in [9.17, 15) is 22.4 Å². The molecule has 2 rings (SSSR count). The fourth-order valence-electron chi connectivity index (χ4n) is 2.38. The second kappa shape index (κ2) is 5.81. The number of hydrogen-bond donors (Lipinski definition) is 0. The maximum Gasteiger partial charge on any atom is 0.416 e. The van der Waals surface area contributed by atoms with Crippen molar-refractivity contribution in [3.05, 3.63) is 35.1 Å². The lowest BCUT2D eigenvalue weighted by Crippen LogP contribution is -2.30. The van der Waals surface area contributed by atoms with Gasteiger partial charge in [0.05, 0.1) is 5.56 Å². The molecule has 1 aliphatic heterocycles. The second-order valence-electron chi connectivity index (χ2n) is 4.93. The SMILES string of the molecule is O=C1CCCCCN1Cc1cc(F)ccc1C(F)(F)F. The van der Waals surface area contributed by atoms with Gasteiger partial charge in [-0.1, -0.05) is 6.42 Å². The van der Waals surface area contributed by atoms with Gasteiger partial charge in [-0.3, -0.25) is 4.79 Å². The minimum atomic E-state index is -4.54. The Kier molecular flexibility index (Phi) is 4.30. The lowest BCUT2D eigenvalue weighted by Gasteiger charge is -2.22. The Morgan fingerprint density at radius 3 is 2.60 bits per heavy atom. The van der Waals surface area contributed by atoms with Crippen LogP contribution in [0.2, 0.25) is 0 Å². The third-order valence-corrected chi connectivity index (χ3v) is 3.41. The van der Waals surface area contributed by atoms with Crippen LogP contribution in [0.5, 0.6) is 0 Å². The Bertz CT molecular complexity index is 498. The van der Waals surface area contributed by atoms with Gasteiger partial charge in [0.2, 0.25) is 5.91 Å². The van der Waals surface area contributed by atoms with Gasteiger partial charge in [-0.2, -0.15) is 13.2 Å². The number of hydrogen-bond acceptors (Lipinski definition) is 1. The van der Waals surface area contributed by atoms with Crippen LogP contribution in [0.4, 0.5) is 17.6 Å². The molecule has 1 aromatic carbocycles. The summed E-state index contributed by atoms with van der Waals surface area (Å²) in [7, 11) is 0. The maximum atomic E-state index is 13.2. The van der Waals surface area contributed by atoms with Crippen LogP contribution < -0.4 is 0 Å². The first kappa shape index (κ1) is 14.8. The highest BCUT2D eigenvalue weighted by atomic mass is 19.4. The predicted molar refractivity (Wildman–Crippen MR) is 65.3 cm³/mol. The molecule has 1 aliphatic rings. The van der Waals surface area contributed by atoms with Gasteiger partial charge in [0.25, 0.3) is 0 Å². The number of alkyl halides is 3. The molecule has 0 aromatic heterocycles. The van der Waals surface area contributed by atoms with Gasteiger partial charge in [-0.25, -0.2) is 4.39 Å². The molecule has 0 unspecified atom stereocenters. The molecule has 110 valence electrons. The van der Waals surface area contributed by atoms with Crippen molar-refractivity contribution in [3.8, 4) is 0 Å². The summed E-state index contributed by atoms with van der Waals surface area (Å²) in [6.07, 6.45) is -1.79. The van der Waals surface area contributed by atoms with Crippen LogP contribution in [0.1, 0.15) is 36.8 Å². The molecular weight excluding hydrogens is 274 g/mol. The number of nitrogens with zero attached hydrogens (tertiary/aromatic N) is 1. The van der Waals surface area contributed by atoms with E-state index in [4.69, 9.17) is 0 Å². The summed E-state index contributed by atoms with van der Waals surface area (Å²) in [5, 5.41) is 0. The molecule has 1 amide bonds. The van der Waals surface area contributed by atoms with Crippen LogP contribution in [-0.2, 0) is 17.5 Å². The third kappa shape index (κ3) is 3.49. The fraction of sp³-hybridized carbons (Fsp3) is 0.500. The third-order valence-electron chi connectivity index (χ3n) is 3.41. The van der Waals surface area contributed by atoms with Crippen molar-refractivity contribution in [1.29, 1.82) is 0 Å². The average molecular weight is 289 g/mol. The van der Waals surface area contributed by atoms with E-state index in [-0.39, 0.29) is 18.0 Å². The summed E-state index contributed by atoms with van der Waals surface area (Å²) < 4.78 is 51.9. The van der Waals surface area contributed by atoms with Crippen LogP contribution in [0, 0.1) is 5.82 Å². The molecule has 0 spiro atoms. The molecule has 0 atom stereocenters. The first-order valence-corrected chi connectivity index (χ1v) is 6.51.